The first-order valence-electron chi connectivity index (χ1n) is 6.05. The second-order valence-corrected chi connectivity index (χ2v) is 5.27. The summed E-state index contributed by atoms with van der Waals surface area (Å²) in [5.74, 6) is 0.321. The number of ether oxygens (including phenoxy) is 1. The van der Waals surface area contributed by atoms with Gasteiger partial charge in [0.25, 0.3) is 0 Å². The van der Waals surface area contributed by atoms with Crippen LogP contribution >= 0.6 is 15.9 Å². The first kappa shape index (κ1) is 12.8. The zero-order valence-corrected chi connectivity index (χ0v) is 11.4. The van der Waals surface area contributed by atoms with E-state index in [1.807, 2.05) is 0 Å². The summed E-state index contributed by atoms with van der Waals surface area (Å²) in [4.78, 5) is 2.40. The summed E-state index contributed by atoms with van der Waals surface area (Å²) >= 11 is 3.25. The third-order valence-electron chi connectivity index (χ3n) is 2.96. The van der Waals surface area contributed by atoms with Crippen molar-refractivity contribution in [2.45, 2.75) is 19.3 Å². The molecule has 0 aliphatic carbocycles. The smallest absolute Gasteiger partial charge is 0.128 e. The number of rotatable bonds is 4. The van der Waals surface area contributed by atoms with Crippen molar-refractivity contribution in [3.63, 3.8) is 0 Å². The van der Waals surface area contributed by atoms with E-state index in [1.54, 1.807) is 6.07 Å². The average molecular weight is 302 g/mol. The van der Waals surface area contributed by atoms with Crippen molar-refractivity contribution in [1.29, 1.82) is 0 Å². The Balaban J connectivity index is 1.77. The van der Waals surface area contributed by atoms with Crippen LogP contribution in [0.3, 0.4) is 0 Å². The molecule has 17 heavy (non-hydrogen) atoms. The standard InChI is InChI=1S/C13H17BrFNO/c14-11-8-12(15)10-13(9-11)17-7-6-16-4-2-1-3-5-16/h8-10H,1-7H2. The quantitative estimate of drug-likeness (QED) is 0.844. The Kier molecular flexibility index (Phi) is 4.80. The summed E-state index contributed by atoms with van der Waals surface area (Å²) in [6.07, 6.45) is 3.91. The fourth-order valence-corrected chi connectivity index (χ4v) is 2.53. The van der Waals surface area contributed by atoms with E-state index in [1.165, 1.54) is 31.4 Å². The molecule has 2 nitrogen and oxygen atoms in total. The topological polar surface area (TPSA) is 12.5 Å². The molecule has 0 N–H and O–H groups in total. The highest BCUT2D eigenvalue weighted by molar-refractivity contribution is 9.10. The second-order valence-electron chi connectivity index (χ2n) is 4.36. The lowest BCUT2D eigenvalue weighted by Gasteiger charge is -2.26. The van der Waals surface area contributed by atoms with E-state index in [0.29, 0.717) is 16.8 Å². The molecule has 94 valence electrons. The molecule has 1 saturated heterocycles. The van der Waals surface area contributed by atoms with Gasteiger partial charge < -0.3 is 4.74 Å². The highest BCUT2D eigenvalue weighted by atomic mass is 79.9. The van der Waals surface area contributed by atoms with Gasteiger partial charge in [-0.05, 0) is 38.1 Å². The van der Waals surface area contributed by atoms with Gasteiger partial charge in [0.05, 0.1) is 0 Å². The number of likely N-dealkylation sites (tertiary alicyclic amines) is 1. The molecule has 1 heterocycles. The van der Waals surface area contributed by atoms with Crippen LogP contribution < -0.4 is 4.74 Å². The molecule has 0 unspecified atom stereocenters. The van der Waals surface area contributed by atoms with Crippen molar-refractivity contribution in [2.75, 3.05) is 26.2 Å². The number of benzene rings is 1. The van der Waals surface area contributed by atoms with Gasteiger partial charge in [-0.3, -0.25) is 4.90 Å². The molecule has 1 fully saturated rings. The minimum absolute atomic E-state index is 0.271. The van der Waals surface area contributed by atoms with Crippen molar-refractivity contribution < 1.29 is 9.13 Å². The van der Waals surface area contributed by atoms with Crippen molar-refractivity contribution >= 4 is 15.9 Å². The monoisotopic (exact) mass is 301 g/mol. The molecule has 0 spiro atoms. The maximum atomic E-state index is 13.1. The van der Waals surface area contributed by atoms with Gasteiger partial charge in [0.1, 0.15) is 18.2 Å². The molecular formula is C13H17BrFNO. The minimum atomic E-state index is -0.271. The molecule has 0 bridgehead atoms. The Hall–Kier alpha value is -0.610. The Morgan fingerprint density at radius 2 is 1.94 bits per heavy atom. The van der Waals surface area contributed by atoms with Gasteiger partial charge in [-0.1, -0.05) is 22.4 Å². The van der Waals surface area contributed by atoms with Gasteiger partial charge >= 0.3 is 0 Å². The van der Waals surface area contributed by atoms with Crippen LogP contribution in [0.5, 0.6) is 5.75 Å². The lowest BCUT2D eigenvalue weighted by Crippen LogP contribution is -2.33. The molecule has 4 heteroatoms. The van der Waals surface area contributed by atoms with Crippen LogP contribution in [0.15, 0.2) is 22.7 Å². The van der Waals surface area contributed by atoms with E-state index in [4.69, 9.17) is 4.74 Å². The molecule has 0 atom stereocenters. The van der Waals surface area contributed by atoms with Crippen LogP contribution in [0.25, 0.3) is 0 Å². The molecule has 0 aromatic heterocycles. The maximum absolute atomic E-state index is 13.1. The summed E-state index contributed by atoms with van der Waals surface area (Å²) in [5, 5.41) is 0. The van der Waals surface area contributed by atoms with Gasteiger partial charge in [-0.15, -0.1) is 0 Å². The zero-order chi connectivity index (χ0) is 12.1. The highest BCUT2D eigenvalue weighted by Crippen LogP contribution is 2.20. The summed E-state index contributed by atoms with van der Waals surface area (Å²) < 4.78 is 19.4. The zero-order valence-electron chi connectivity index (χ0n) is 9.79. The van der Waals surface area contributed by atoms with Crippen LogP contribution in [-0.4, -0.2) is 31.1 Å². The fraction of sp³-hybridized carbons (Fsp3) is 0.538. The lowest BCUT2D eigenvalue weighted by molar-refractivity contribution is 0.183. The summed E-state index contributed by atoms with van der Waals surface area (Å²) in [6.45, 7) is 3.87. The summed E-state index contributed by atoms with van der Waals surface area (Å²) in [5.41, 5.74) is 0. The Labute approximate surface area is 110 Å². The molecule has 1 aliphatic heterocycles. The predicted octanol–water partition coefficient (Wildman–Crippen LogP) is 3.45. The molecule has 0 amide bonds. The van der Waals surface area contributed by atoms with E-state index >= 15 is 0 Å². The van der Waals surface area contributed by atoms with E-state index < -0.39 is 0 Å². The predicted molar refractivity (Wildman–Crippen MR) is 69.9 cm³/mol. The minimum Gasteiger partial charge on any atom is -0.492 e. The molecule has 1 aromatic carbocycles. The SMILES string of the molecule is Fc1cc(Br)cc(OCCN2CCCCC2)c1. The number of halogens is 2. The van der Waals surface area contributed by atoms with E-state index in [-0.39, 0.29) is 5.82 Å². The first-order valence-corrected chi connectivity index (χ1v) is 6.84. The Morgan fingerprint density at radius 1 is 1.18 bits per heavy atom. The molecule has 0 radical (unpaired) electrons. The number of nitrogens with zero attached hydrogens (tertiary/aromatic N) is 1. The Bertz CT molecular complexity index is 346. The van der Waals surface area contributed by atoms with Crippen LogP contribution in [0.1, 0.15) is 19.3 Å². The van der Waals surface area contributed by atoms with Gasteiger partial charge in [0.15, 0.2) is 0 Å². The summed E-state index contributed by atoms with van der Waals surface area (Å²) in [6, 6.07) is 4.64. The normalized spacial score (nSPS) is 17.1. The molecule has 2 rings (SSSR count). The fourth-order valence-electron chi connectivity index (χ4n) is 2.09. The van der Waals surface area contributed by atoms with Gasteiger partial charge in [-0.2, -0.15) is 0 Å². The third-order valence-corrected chi connectivity index (χ3v) is 3.42. The van der Waals surface area contributed by atoms with Crippen molar-refractivity contribution in [3.05, 3.63) is 28.5 Å². The van der Waals surface area contributed by atoms with Gasteiger partial charge in [0, 0.05) is 17.1 Å². The largest absolute Gasteiger partial charge is 0.492 e. The van der Waals surface area contributed by atoms with Gasteiger partial charge in [0.2, 0.25) is 0 Å². The van der Waals surface area contributed by atoms with Gasteiger partial charge in [-0.25, -0.2) is 4.39 Å². The number of piperidine rings is 1. The third kappa shape index (κ3) is 4.28. The highest BCUT2D eigenvalue weighted by Gasteiger charge is 2.09. The molecule has 1 aliphatic rings. The molecular weight excluding hydrogens is 285 g/mol. The number of hydrogen-bond acceptors (Lipinski definition) is 2. The Morgan fingerprint density at radius 3 is 2.65 bits per heavy atom. The lowest BCUT2D eigenvalue weighted by atomic mass is 10.1. The number of hydrogen-bond donors (Lipinski definition) is 0. The van der Waals surface area contributed by atoms with Crippen molar-refractivity contribution in [1.82, 2.24) is 4.90 Å². The van der Waals surface area contributed by atoms with Crippen LogP contribution in [0, 0.1) is 5.82 Å². The van der Waals surface area contributed by atoms with Crippen LogP contribution in [-0.2, 0) is 0 Å². The molecule has 1 aromatic rings. The van der Waals surface area contributed by atoms with Crippen LogP contribution in [0.4, 0.5) is 4.39 Å². The van der Waals surface area contributed by atoms with E-state index in [2.05, 4.69) is 20.8 Å². The molecule has 0 saturated carbocycles. The summed E-state index contributed by atoms with van der Waals surface area (Å²) in [7, 11) is 0. The average Bonchev–Trinajstić information content (AvgIpc) is 2.29. The van der Waals surface area contributed by atoms with E-state index in [9.17, 15) is 4.39 Å². The first-order chi connectivity index (χ1) is 8.24. The second kappa shape index (κ2) is 6.36. The van der Waals surface area contributed by atoms with Crippen molar-refractivity contribution in [2.24, 2.45) is 0 Å². The van der Waals surface area contributed by atoms with Crippen LogP contribution in [0.2, 0.25) is 0 Å². The maximum Gasteiger partial charge on any atom is 0.128 e. The van der Waals surface area contributed by atoms with Crippen molar-refractivity contribution in [3.8, 4) is 5.75 Å². The van der Waals surface area contributed by atoms with E-state index in [0.717, 1.165) is 19.6 Å².